The molecule has 0 radical (unpaired) electrons. The summed E-state index contributed by atoms with van der Waals surface area (Å²) in [6.45, 7) is 0. The van der Waals surface area contributed by atoms with E-state index in [4.69, 9.17) is 10.8 Å². The minimum atomic E-state index is -1.91. The van der Waals surface area contributed by atoms with Gasteiger partial charge in [0.1, 0.15) is 34.2 Å². The van der Waals surface area contributed by atoms with Crippen LogP contribution in [-0.4, -0.2) is 11.0 Å². The minimum absolute atomic E-state index is 0.0741. The first-order chi connectivity index (χ1) is 17.1. The number of hydrogen-bond donors (Lipinski definition) is 2. The highest BCUT2D eigenvalue weighted by Crippen LogP contribution is 2.53. The number of hydrogen-bond acceptors (Lipinski definition) is 2. The highest BCUT2D eigenvalue weighted by atomic mass is 31.2. The zero-order chi connectivity index (χ0) is 24.5. The van der Waals surface area contributed by atoms with Gasteiger partial charge in [0.25, 0.3) is 5.91 Å². The topological polar surface area (TPSA) is 63.3 Å². The molecule has 0 atom stereocenters. The Bertz CT molecular complexity index is 1200. The Morgan fingerprint density at radius 1 is 0.486 bits per heavy atom. The number of para-hydroxylation sites is 1. The van der Waals surface area contributed by atoms with Crippen molar-refractivity contribution in [1.82, 2.24) is 0 Å². The van der Waals surface area contributed by atoms with Crippen molar-refractivity contribution >= 4 is 34.4 Å². The molecular formula is C31H27NO2P+. The van der Waals surface area contributed by atoms with Gasteiger partial charge in [0.15, 0.2) is 0 Å². The first kappa shape index (κ1) is 23.9. The summed E-state index contributed by atoms with van der Waals surface area (Å²) in [7, 11) is -1.91. The molecule has 0 saturated heterocycles. The van der Waals surface area contributed by atoms with Crippen LogP contribution in [-0.2, 0) is 0 Å². The minimum Gasteiger partial charge on any atom is -0.507 e. The van der Waals surface area contributed by atoms with Crippen LogP contribution in [0.25, 0.3) is 0 Å². The molecule has 3 N–H and O–H groups in total. The van der Waals surface area contributed by atoms with Crippen molar-refractivity contribution in [2.45, 2.75) is 0 Å². The fourth-order valence-corrected chi connectivity index (χ4v) is 8.45. The Balaban J connectivity index is 0.000000243. The lowest BCUT2D eigenvalue weighted by molar-refractivity contribution is 0.0998. The lowest BCUT2D eigenvalue weighted by Crippen LogP contribution is -2.38. The molecule has 0 unspecified atom stereocenters. The van der Waals surface area contributed by atoms with Gasteiger partial charge in [-0.1, -0.05) is 84.9 Å². The first-order valence-electron chi connectivity index (χ1n) is 11.3. The number of amides is 1. The van der Waals surface area contributed by atoms with Crippen LogP contribution in [0.3, 0.4) is 0 Å². The number of aromatic hydroxyl groups is 1. The van der Waals surface area contributed by atoms with E-state index in [2.05, 4.69) is 121 Å². The zero-order valence-corrected chi connectivity index (χ0v) is 20.1. The number of benzene rings is 5. The summed E-state index contributed by atoms with van der Waals surface area (Å²) in [4.78, 5) is 10.5. The van der Waals surface area contributed by atoms with Crippen molar-refractivity contribution in [3.63, 3.8) is 0 Å². The Labute approximate surface area is 206 Å². The molecule has 3 nitrogen and oxygen atoms in total. The fraction of sp³-hybridized carbons (Fsp3) is 0. The number of carbonyl (C=O) groups is 1. The standard InChI is InChI=1S/C24H20P.C7H7NO2/c1-5-13-21(14-6-1)25(22-15-7-2-8-16-22,23-17-9-3-10-18-23)24-19-11-4-12-20-24;8-7(10)5-3-1-2-4-6(5)9/h1-20H;1-4,9H,(H2,8,10)/q+1;. The van der Waals surface area contributed by atoms with Gasteiger partial charge in [-0.3, -0.25) is 4.79 Å². The lowest BCUT2D eigenvalue weighted by Gasteiger charge is -2.27. The molecule has 0 heterocycles. The van der Waals surface area contributed by atoms with E-state index in [9.17, 15) is 4.79 Å². The molecule has 4 heteroatoms. The Kier molecular flexibility index (Phi) is 7.72. The molecule has 0 spiro atoms. The number of carbonyl (C=O) groups excluding carboxylic acids is 1. The quantitative estimate of drug-likeness (QED) is 0.358. The van der Waals surface area contributed by atoms with Crippen molar-refractivity contribution in [1.29, 1.82) is 0 Å². The van der Waals surface area contributed by atoms with Crippen LogP contribution in [0.2, 0.25) is 0 Å². The van der Waals surface area contributed by atoms with Gasteiger partial charge in [-0.2, -0.15) is 0 Å². The van der Waals surface area contributed by atoms with Gasteiger partial charge in [-0.05, 0) is 60.7 Å². The summed E-state index contributed by atoms with van der Waals surface area (Å²) in [5.41, 5.74) is 5.07. The summed E-state index contributed by atoms with van der Waals surface area (Å²) < 4.78 is 0. The summed E-state index contributed by atoms with van der Waals surface area (Å²) in [6, 6.07) is 50.0. The first-order valence-corrected chi connectivity index (χ1v) is 13.1. The van der Waals surface area contributed by atoms with Crippen LogP contribution >= 0.6 is 7.26 Å². The smallest absolute Gasteiger partial charge is 0.252 e. The van der Waals surface area contributed by atoms with Crippen LogP contribution in [0.5, 0.6) is 5.75 Å². The van der Waals surface area contributed by atoms with Crippen molar-refractivity contribution in [2.75, 3.05) is 0 Å². The van der Waals surface area contributed by atoms with E-state index in [0.29, 0.717) is 0 Å². The molecule has 0 aliphatic heterocycles. The lowest BCUT2D eigenvalue weighted by atomic mass is 10.2. The maximum absolute atomic E-state index is 10.5. The third-order valence-corrected chi connectivity index (χ3v) is 10.0. The van der Waals surface area contributed by atoms with E-state index < -0.39 is 13.2 Å². The second kappa shape index (κ2) is 11.3. The molecule has 1 amide bonds. The van der Waals surface area contributed by atoms with Gasteiger partial charge in [0, 0.05) is 0 Å². The van der Waals surface area contributed by atoms with Gasteiger partial charge in [-0.25, -0.2) is 0 Å². The third-order valence-electron chi connectivity index (χ3n) is 5.74. The monoisotopic (exact) mass is 476 g/mol. The summed E-state index contributed by atoms with van der Waals surface area (Å²) >= 11 is 0. The summed E-state index contributed by atoms with van der Waals surface area (Å²) in [5, 5.41) is 14.5. The third kappa shape index (κ3) is 5.16. The maximum atomic E-state index is 10.5. The largest absolute Gasteiger partial charge is 0.507 e. The van der Waals surface area contributed by atoms with Crippen molar-refractivity contribution in [3.8, 4) is 5.75 Å². The molecular weight excluding hydrogens is 449 g/mol. The second-order valence-electron chi connectivity index (χ2n) is 7.89. The predicted octanol–water partition coefficient (Wildman–Crippen LogP) is 4.80. The average Bonchev–Trinajstić information content (AvgIpc) is 2.92. The van der Waals surface area contributed by atoms with Crippen molar-refractivity contribution in [2.24, 2.45) is 5.73 Å². The molecule has 0 saturated carbocycles. The normalized spacial score (nSPS) is 10.6. The van der Waals surface area contributed by atoms with Crippen molar-refractivity contribution in [3.05, 3.63) is 151 Å². The zero-order valence-electron chi connectivity index (χ0n) is 19.2. The van der Waals surface area contributed by atoms with Crippen LogP contribution < -0.4 is 27.0 Å². The van der Waals surface area contributed by atoms with Crippen LogP contribution in [0, 0.1) is 0 Å². The molecule has 5 rings (SSSR count). The van der Waals surface area contributed by atoms with E-state index in [-0.39, 0.29) is 11.3 Å². The number of primary amides is 1. The SMILES string of the molecule is NC(=O)c1ccccc1O.c1ccc([P+](c2ccccc2)(c2ccccc2)c2ccccc2)cc1. The highest BCUT2D eigenvalue weighted by molar-refractivity contribution is 8.01. The molecule has 0 bridgehead atoms. The number of rotatable bonds is 5. The van der Waals surface area contributed by atoms with Crippen LogP contribution in [0.4, 0.5) is 0 Å². The molecule has 0 aliphatic carbocycles. The Hall–Kier alpha value is -4.20. The van der Waals surface area contributed by atoms with Gasteiger partial charge in [0.2, 0.25) is 0 Å². The summed E-state index contributed by atoms with van der Waals surface area (Å²) in [6.07, 6.45) is 0. The van der Waals surface area contributed by atoms with Crippen molar-refractivity contribution < 1.29 is 9.90 Å². The van der Waals surface area contributed by atoms with Crippen LogP contribution in [0.15, 0.2) is 146 Å². The maximum Gasteiger partial charge on any atom is 0.252 e. The van der Waals surface area contributed by atoms with Gasteiger partial charge < -0.3 is 10.8 Å². The van der Waals surface area contributed by atoms with Gasteiger partial charge in [0.05, 0.1) is 5.56 Å². The Morgan fingerprint density at radius 2 is 0.771 bits per heavy atom. The number of nitrogens with two attached hydrogens (primary N) is 1. The average molecular weight is 477 g/mol. The summed E-state index contributed by atoms with van der Waals surface area (Å²) in [5.74, 6) is -0.687. The molecule has 0 aliphatic rings. The molecule has 0 fully saturated rings. The van der Waals surface area contributed by atoms with E-state index in [0.717, 1.165) is 0 Å². The fourth-order valence-electron chi connectivity index (χ4n) is 4.18. The second-order valence-corrected chi connectivity index (χ2v) is 11.3. The molecule has 0 aromatic heterocycles. The molecule has 172 valence electrons. The predicted molar refractivity (Wildman–Crippen MR) is 148 cm³/mol. The van der Waals surface area contributed by atoms with E-state index in [1.54, 1.807) is 12.1 Å². The van der Waals surface area contributed by atoms with E-state index in [1.807, 2.05) is 0 Å². The number of phenols is 1. The van der Waals surface area contributed by atoms with E-state index in [1.165, 1.54) is 33.4 Å². The molecule has 5 aromatic carbocycles. The molecule has 5 aromatic rings. The Morgan fingerprint density at radius 3 is 1.03 bits per heavy atom. The molecule has 35 heavy (non-hydrogen) atoms. The highest BCUT2D eigenvalue weighted by Gasteiger charge is 2.47. The van der Waals surface area contributed by atoms with Gasteiger partial charge >= 0.3 is 0 Å². The van der Waals surface area contributed by atoms with E-state index >= 15 is 0 Å². The van der Waals surface area contributed by atoms with Crippen LogP contribution in [0.1, 0.15) is 10.4 Å². The van der Waals surface area contributed by atoms with Gasteiger partial charge in [-0.15, -0.1) is 0 Å².